The Balaban J connectivity index is 2.31. The highest BCUT2D eigenvalue weighted by Gasteiger charge is 1.98. The molecule has 0 N–H and O–H groups in total. The van der Waals surface area contributed by atoms with Crippen LogP contribution in [0.25, 0.3) is 11.1 Å². The van der Waals surface area contributed by atoms with Crippen LogP contribution in [-0.2, 0) is 11.2 Å². The highest BCUT2D eigenvalue weighted by atomic mass is 16.1. The van der Waals surface area contributed by atoms with E-state index in [-0.39, 0.29) is 0 Å². The molecule has 2 aromatic carbocycles. The third-order valence-electron chi connectivity index (χ3n) is 2.62. The molecular formula is C15H14O. The first-order valence-electron chi connectivity index (χ1n) is 5.39. The first-order chi connectivity index (χ1) is 7.79. The summed E-state index contributed by atoms with van der Waals surface area (Å²) in [5.41, 5.74) is 4.73. The Kier molecular flexibility index (Phi) is 3.16. The van der Waals surface area contributed by atoms with Gasteiger partial charge in [-0.3, -0.25) is 0 Å². The standard InChI is InChI=1S/C15H14O/c1-12-3-2-4-15(11-12)14-7-5-13(6-8-14)9-10-16/h2-8,10-11H,9H2,1H3. The van der Waals surface area contributed by atoms with Crippen molar-refractivity contribution in [1.29, 1.82) is 0 Å². The third kappa shape index (κ3) is 2.37. The lowest BCUT2D eigenvalue weighted by Crippen LogP contribution is -1.85. The first kappa shape index (κ1) is 10.6. The number of carbonyl (C=O) groups is 1. The van der Waals surface area contributed by atoms with E-state index in [0.717, 1.165) is 11.8 Å². The van der Waals surface area contributed by atoms with E-state index < -0.39 is 0 Å². The molecule has 1 heteroatoms. The minimum absolute atomic E-state index is 0.494. The number of aryl methyl sites for hydroxylation is 1. The van der Waals surface area contributed by atoms with Crippen LogP contribution in [0.4, 0.5) is 0 Å². The minimum Gasteiger partial charge on any atom is -0.303 e. The van der Waals surface area contributed by atoms with Gasteiger partial charge in [0.05, 0.1) is 0 Å². The third-order valence-corrected chi connectivity index (χ3v) is 2.62. The van der Waals surface area contributed by atoms with Gasteiger partial charge < -0.3 is 4.79 Å². The summed E-state index contributed by atoms with van der Waals surface area (Å²) < 4.78 is 0. The summed E-state index contributed by atoms with van der Waals surface area (Å²) in [6, 6.07) is 16.5. The SMILES string of the molecule is Cc1cccc(-c2ccc(CC=O)cc2)c1. The van der Waals surface area contributed by atoms with Crippen molar-refractivity contribution in [3.05, 3.63) is 59.7 Å². The van der Waals surface area contributed by atoms with Gasteiger partial charge in [-0.1, -0.05) is 54.1 Å². The van der Waals surface area contributed by atoms with Gasteiger partial charge in [0, 0.05) is 6.42 Å². The maximum absolute atomic E-state index is 10.4. The monoisotopic (exact) mass is 210 g/mol. The molecule has 0 aliphatic rings. The van der Waals surface area contributed by atoms with Gasteiger partial charge in [-0.2, -0.15) is 0 Å². The van der Waals surface area contributed by atoms with Gasteiger partial charge in [0.15, 0.2) is 0 Å². The Morgan fingerprint density at radius 2 is 1.75 bits per heavy atom. The first-order valence-corrected chi connectivity index (χ1v) is 5.39. The lowest BCUT2D eigenvalue weighted by atomic mass is 10.0. The van der Waals surface area contributed by atoms with Crippen molar-refractivity contribution in [3.8, 4) is 11.1 Å². The second-order valence-electron chi connectivity index (χ2n) is 3.94. The molecule has 0 aliphatic heterocycles. The van der Waals surface area contributed by atoms with Crippen molar-refractivity contribution in [3.63, 3.8) is 0 Å². The Morgan fingerprint density at radius 1 is 1.00 bits per heavy atom. The van der Waals surface area contributed by atoms with E-state index in [1.807, 2.05) is 12.1 Å². The van der Waals surface area contributed by atoms with Gasteiger partial charge in [-0.25, -0.2) is 0 Å². The number of benzene rings is 2. The van der Waals surface area contributed by atoms with Gasteiger partial charge in [0.2, 0.25) is 0 Å². The summed E-state index contributed by atoms with van der Waals surface area (Å²) in [7, 11) is 0. The largest absolute Gasteiger partial charge is 0.303 e. The number of hydrogen-bond donors (Lipinski definition) is 0. The summed E-state index contributed by atoms with van der Waals surface area (Å²) in [6.45, 7) is 2.09. The fourth-order valence-electron chi connectivity index (χ4n) is 1.75. The highest BCUT2D eigenvalue weighted by Crippen LogP contribution is 2.20. The molecule has 0 heterocycles. The lowest BCUT2D eigenvalue weighted by Gasteiger charge is -2.03. The molecule has 2 aromatic rings. The summed E-state index contributed by atoms with van der Waals surface area (Å²) in [5, 5.41) is 0. The van der Waals surface area contributed by atoms with Crippen LogP contribution in [-0.4, -0.2) is 6.29 Å². The second kappa shape index (κ2) is 4.75. The molecule has 1 nitrogen and oxygen atoms in total. The fraction of sp³-hybridized carbons (Fsp3) is 0.133. The van der Waals surface area contributed by atoms with E-state index in [4.69, 9.17) is 0 Å². The molecule has 0 saturated carbocycles. The summed E-state index contributed by atoms with van der Waals surface area (Å²) in [4.78, 5) is 10.4. The van der Waals surface area contributed by atoms with Crippen LogP contribution in [0.3, 0.4) is 0 Å². The van der Waals surface area contributed by atoms with Crippen molar-refractivity contribution >= 4 is 6.29 Å². The van der Waals surface area contributed by atoms with Crippen LogP contribution in [0.2, 0.25) is 0 Å². The Labute approximate surface area is 95.7 Å². The average molecular weight is 210 g/mol. The van der Waals surface area contributed by atoms with E-state index in [1.165, 1.54) is 16.7 Å². The quantitative estimate of drug-likeness (QED) is 0.709. The molecule has 0 amide bonds. The molecule has 0 atom stereocenters. The highest BCUT2D eigenvalue weighted by molar-refractivity contribution is 5.65. The van der Waals surface area contributed by atoms with Crippen molar-refractivity contribution < 1.29 is 4.79 Å². The molecule has 0 saturated heterocycles. The van der Waals surface area contributed by atoms with E-state index in [9.17, 15) is 4.79 Å². The predicted octanol–water partition coefficient (Wildman–Crippen LogP) is 3.40. The summed E-state index contributed by atoms with van der Waals surface area (Å²) >= 11 is 0. The van der Waals surface area contributed by atoms with Crippen LogP contribution in [0.15, 0.2) is 48.5 Å². The van der Waals surface area contributed by atoms with Crippen molar-refractivity contribution in [1.82, 2.24) is 0 Å². The zero-order chi connectivity index (χ0) is 11.4. The number of carbonyl (C=O) groups excluding carboxylic acids is 1. The molecule has 0 unspecified atom stereocenters. The van der Waals surface area contributed by atoms with E-state index >= 15 is 0 Å². The summed E-state index contributed by atoms with van der Waals surface area (Å²) in [5.74, 6) is 0. The second-order valence-corrected chi connectivity index (χ2v) is 3.94. The smallest absolute Gasteiger partial charge is 0.124 e. The van der Waals surface area contributed by atoms with Crippen molar-refractivity contribution in [2.24, 2.45) is 0 Å². The topological polar surface area (TPSA) is 17.1 Å². The fourth-order valence-corrected chi connectivity index (χ4v) is 1.75. The number of rotatable bonds is 3. The molecule has 2 rings (SSSR count). The molecule has 0 radical (unpaired) electrons. The van der Waals surface area contributed by atoms with Crippen molar-refractivity contribution in [2.75, 3.05) is 0 Å². The maximum Gasteiger partial charge on any atom is 0.124 e. The molecule has 0 aromatic heterocycles. The van der Waals surface area contributed by atoms with Crippen LogP contribution in [0.1, 0.15) is 11.1 Å². The average Bonchev–Trinajstić information content (AvgIpc) is 2.30. The molecule has 0 aliphatic carbocycles. The van der Waals surface area contributed by atoms with Crippen molar-refractivity contribution in [2.45, 2.75) is 13.3 Å². The Hall–Kier alpha value is -1.89. The molecule has 0 spiro atoms. The molecule has 0 bridgehead atoms. The Morgan fingerprint density at radius 3 is 2.38 bits per heavy atom. The van der Waals surface area contributed by atoms with Gasteiger partial charge >= 0.3 is 0 Å². The molecular weight excluding hydrogens is 196 g/mol. The number of hydrogen-bond acceptors (Lipinski definition) is 1. The zero-order valence-corrected chi connectivity index (χ0v) is 9.31. The van der Waals surface area contributed by atoms with Gasteiger partial charge in [0.1, 0.15) is 6.29 Å². The van der Waals surface area contributed by atoms with Crippen LogP contribution >= 0.6 is 0 Å². The predicted molar refractivity (Wildman–Crippen MR) is 66.4 cm³/mol. The van der Waals surface area contributed by atoms with Gasteiger partial charge in [-0.05, 0) is 23.6 Å². The molecule has 80 valence electrons. The molecule has 0 fully saturated rings. The Bertz CT molecular complexity index is 483. The molecule has 16 heavy (non-hydrogen) atoms. The van der Waals surface area contributed by atoms with E-state index in [2.05, 4.69) is 43.3 Å². The normalized spacial score (nSPS) is 10.1. The van der Waals surface area contributed by atoms with E-state index in [1.54, 1.807) is 0 Å². The lowest BCUT2D eigenvalue weighted by molar-refractivity contribution is -0.107. The minimum atomic E-state index is 0.494. The van der Waals surface area contributed by atoms with Crippen LogP contribution in [0.5, 0.6) is 0 Å². The van der Waals surface area contributed by atoms with E-state index in [0.29, 0.717) is 6.42 Å². The van der Waals surface area contributed by atoms with Crippen LogP contribution in [0, 0.1) is 6.92 Å². The zero-order valence-electron chi connectivity index (χ0n) is 9.31. The number of aldehydes is 1. The summed E-state index contributed by atoms with van der Waals surface area (Å²) in [6.07, 6.45) is 1.43. The maximum atomic E-state index is 10.4. The van der Waals surface area contributed by atoms with Gasteiger partial charge in [0.25, 0.3) is 0 Å². The van der Waals surface area contributed by atoms with Crippen LogP contribution < -0.4 is 0 Å². The van der Waals surface area contributed by atoms with Gasteiger partial charge in [-0.15, -0.1) is 0 Å².